The molecule has 0 saturated heterocycles. The first kappa shape index (κ1) is 23.7. The maximum atomic E-state index is 9.26. The number of nitrogens with zero attached hydrogens (tertiary/aromatic N) is 1. The minimum atomic E-state index is 0.446. The molecule has 0 aliphatic carbocycles. The van der Waals surface area contributed by atoms with Crippen molar-refractivity contribution >= 4 is 11.1 Å². The van der Waals surface area contributed by atoms with Crippen molar-refractivity contribution in [2.75, 3.05) is 20.2 Å². The highest BCUT2D eigenvalue weighted by Crippen LogP contribution is 2.36. The predicted octanol–water partition coefficient (Wildman–Crippen LogP) is 7.01. The standard InChI is InChI=1S/C27H35NO2/c1-5-8-10-13-22(6-2)27(26(7-3)23-14-11-9-12-15-23)24-16-18-25(19-17-24)30-21-20-28(4)29/h8-19,29H,5-7,20-21H2,1-4H3/b10-8-,22-13+,27-26-. The van der Waals surface area contributed by atoms with Gasteiger partial charge in [-0.15, -0.1) is 0 Å². The van der Waals surface area contributed by atoms with E-state index in [0.717, 1.165) is 30.1 Å². The number of rotatable bonds is 11. The quantitative estimate of drug-likeness (QED) is 0.248. The number of allylic oxidation sites excluding steroid dienone is 6. The summed E-state index contributed by atoms with van der Waals surface area (Å²) in [5, 5.41) is 10.4. The van der Waals surface area contributed by atoms with Gasteiger partial charge in [0.2, 0.25) is 0 Å². The zero-order chi connectivity index (χ0) is 21.8. The second-order valence-electron chi connectivity index (χ2n) is 7.21. The van der Waals surface area contributed by atoms with Gasteiger partial charge in [0, 0.05) is 7.05 Å². The number of hydroxylamine groups is 2. The first-order chi connectivity index (χ1) is 14.6. The molecular weight excluding hydrogens is 370 g/mol. The molecule has 0 bridgehead atoms. The van der Waals surface area contributed by atoms with Crippen molar-refractivity contribution in [3.63, 3.8) is 0 Å². The molecule has 30 heavy (non-hydrogen) atoms. The van der Waals surface area contributed by atoms with Crippen LogP contribution in [0.4, 0.5) is 0 Å². The average Bonchev–Trinajstić information content (AvgIpc) is 2.77. The molecule has 0 radical (unpaired) electrons. The summed E-state index contributed by atoms with van der Waals surface area (Å²) in [7, 11) is 1.62. The van der Waals surface area contributed by atoms with Crippen LogP contribution < -0.4 is 4.74 Å². The third-order valence-electron chi connectivity index (χ3n) is 4.98. The Morgan fingerprint density at radius 3 is 2.20 bits per heavy atom. The summed E-state index contributed by atoms with van der Waals surface area (Å²) in [5.74, 6) is 0.811. The van der Waals surface area contributed by atoms with Crippen LogP contribution in [0.15, 0.2) is 78.4 Å². The van der Waals surface area contributed by atoms with E-state index in [9.17, 15) is 5.21 Å². The molecule has 0 heterocycles. The van der Waals surface area contributed by atoms with Crippen LogP contribution in [0.5, 0.6) is 5.75 Å². The molecule has 0 fully saturated rings. The molecular formula is C27H35NO2. The number of ether oxygens (including phenoxy) is 1. The van der Waals surface area contributed by atoms with Gasteiger partial charge in [0.15, 0.2) is 0 Å². The summed E-state index contributed by atoms with van der Waals surface area (Å²) in [6.07, 6.45) is 9.55. The molecule has 0 amide bonds. The van der Waals surface area contributed by atoms with E-state index in [1.165, 1.54) is 27.8 Å². The van der Waals surface area contributed by atoms with Crippen LogP contribution in [-0.4, -0.2) is 30.5 Å². The average molecular weight is 406 g/mol. The fraction of sp³-hybridized carbons (Fsp3) is 0.333. The van der Waals surface area contributed by atoms with Crippen molar-refractivity contribution in [2.24, 2.45) is 0 Å². The molecule has 3 heteroatoms. The summed E-state index contributed by atoms with van der Waals surface area (Å²) < 4.78 is 5.75. The SMILES string of the molecule is CC\C=C/C=C(CC)/C(=C(\CC)c1ccccc1)c1ccc(OCCN(C)O)cc1. The molecule has 0 unspecified atom stereocenters. The minimum absolute atomic E-state index is 0.446. The molecule has 0 aliphatic heterocycles. The molecule has 0 spiro atoms. The lowest BCUT2D eigenvalue weighted by atomic mass is 9.86. The molecule has 160 valence electrons. The normalized spacial score (nSPS) is 13.1. The first-order valence-electron chi connectivity index (χ1n) is 10.9. The van der Waals surface area contributed by atoms with Gasteiger partial charge in [-0.2, -0.15) is 5.06 Å². The van der Waals surface area contributed by atoms with E-state index in [4.69, 9.17) is 4.74 Å². The second kappa shape index (κ2) is 12.8. The molecule has 0 aliphatic rings. The van der Waals surface area contributed by atoms with E-state index in [-0.39, 0.29) is 0 Å². The van der Waals surface area contributed by atoms with Crippen molar-refractivity contribution in [1.29, 1.82) is 0 Å². The Morgan fingerprint density at radius 2 is 1.63 bits per heavy atom. The third-order valence-corrected chi connectivity index (χ3v) is 4.98. The highest BCUT2D eigenvalue weighted by molar-refractivity contribution is 5.98. The number of benzene rings is 2. The van der Waals surface area contributed by atoms with E-state index in [0.29, 0.717) is 13.2 Å². The van der Waals surface area contributed by atoms with Crippen molar-refractivity contribution in [1.82, 2.24) is 5.06 Å². The van der Waals surface area contributed by atoms with E-state index < -0.39 is 0 Å². The minimum Gasteiger partial charge on any atom is -0.492 e. The molecule has 2 rings (SSSR count). The maximum Gasteiger partial charge on any atom is 0.119 e. The smallest absolute Gasteiger partial charge is 0.119 e. The Hall–Kier alpha value is -2.62. The van der Waals surface area contributed by atoms with Crippen LogP contribution in [0.25, 0.3) is 11.1 Å². The lowest BCUT2D eigenvalue weighted by Gasteiger charge is -2.18. The van der Waals surface area contributed by atoms with E-state index in [1.54, 1.807) is 7.05 Å². The maximum absolute atomic E-state index is 9.26. The van der Waals surface area contributed by atoms with Crippen LogP contribution in [0.1, 0.15) is 51.2 Å². The van der Waals surface area contributed by atoms with Gasteiger partial charge in [0.25, 0.3) is 0 Å². The molecule has 0 saturated carbocycles. The van der Waals surface area contributed by atoms with Gasteiger partial charge in [0.05, 0.1) is 6.54 Å². The van der Waals surface area contributed by atoms with E-state index in [2.05, 4.69) is 81.5 Å². The fourth-order valence-corrected chi connectivity index (χ4v) is 3.43. The van der Waals surface area contributed by atoms with Crippen LogP contribution in [0.3, 0.4) is 0 Å². The third kappa shape index (κ3) is 7.01. The summed E-state index contributed by atoms with van der Waals surface area (Å²) in [6, 6.07) is 19.0. The number of hydrogen-bond acceptors (Lipinski definition) is 3. The molecule has 1 N–H and O–H groups in total. The molecule has 2 aromatic carbocycles. The van der Waals surface area contributed by atoms with Gasteiger partial charge in [-0.3, -0.25) is 0 Å². The topological polar surface area (TPSA) is 32.7 Å². The molecule has 0 atom stereocenters. The first-order valence-corrected chi connectivity index (χ1v) is 10.9. The van der Waals surface area contributed by atoms with Gasteiger partial charge in [-0.25, -0.2) is 0 Å². The fourth-order valence-electron chi connectivity index (χ4n) is 3.43. The van der Waals surface area contributed by atoms with Crippen LogP contribution >= 0.6 is 0 Å². The summed E-state index contributed by atoms with van der Waals surface area (Å²) in [5.41, 5.74) is 6.44. The second-order valence-corrected chi connectivity index (χ2v) is 7.21. The van der Waals surface area contributed by atoms with Crippen molar-refractivity contribution < 1.29 is 9.94 Å². The monoisotopic (exact) mass is 405 g/mol. The van der Waals surface area contributed by atoms with Gasteiger partial charge >= 0.3 is 0 Å². The van der Waals surface area contributed by atoms with Crippen LogP contribution in [0, 0.1) is 0 Å². The van der Waals surface area contributed by atoms with Crippen molar-refractivity contribution in [3.05, 3.63) is 89.5 Å². The van der Waals surface area contributed by atoms with Gasteiger partial charge < -0.3 is 9.94 Å². The Morgan fingerprint density at radius 1 is 0.933 bits per heavy atom. The van der Waals surface area contributed by atoms with Gasteiger partial charge in [-0.1, -0.05) is 81.5 Å². The predicted molar refractivity (Wildman–Crippen MR) is 128 cm³/mol. The largest absolute Gasteiger partial charge is 0.492 e. The Labute approximate surface area is 182 Å². The molecule has 3 nitrogen and oxygen atoms in total. The van der Waals surface area contributed by atoms with Crippen LogP contribution in [-0.2, 0) is 0 Å². The molecule has 0 aromatic heterocycles. The highest BCUT2D eigenvalue weighted by Gasteiger charge is 2.14. The Bertz CT molecular complexity index is 846. The summed E-state index contributed by atoms with van der Waals surface area (Å²) in [4.78, 5) is 0. The Kier molecular flexibility index (Phi) is 10.1. The zero-order valence-corrected chi connectivity index (χ0v) is 18.8. The number of hydrogen-bond donors (Lipinski definition) is 1. The van der Waals surface area contributed by atoms with Crippen LogP contribution in [0.2, 0.25) is 0 Å². The number of likely N-dealkylation sites (N-methyl/N-ethyl adjacent to an activating group) is 1. The molecule has 2 aromatic rings. The zero-order valence-electron chi connectivity index (χ0n) is 18.8. The van der Waals surface area contributed by atoms with Crippen molar-refractivity contribution in [2.45, 2.75) is 40.0 Å². The lowest BCUT2D eigenvalue weighted by molar-refractivity contribution is -0.0713. The summed E-state index contributed by atoms with van der Waals surface area (Å²) >= 11 is 0. The van der Waals surface area contributed by atoms with Gasteiger partial charge in [-0.05, 0) is 59.2 Å². The lowest BCUT2D eigenvalue weighted by Crippen LogP contribution is -2.20. The van der Waals surface area contributed by atoms with E-state index in [1.807, 2.05) is 12.1 Å². The van der Waals surface area contributed by atoms with Crippen molar-refractivity contribution in [3.8, 4) is 5.75 Å². The Balaban J connectivity index is 2.49. The van der Waals surface area contributed by atoms with E-state index >= 15 is 0 Å². The highest BCUT2D eigenvalue weighted by atomic mass is 16.5. The summed E-state index contributed by atoms with van der Waals surface area (Å²) in [6.45, 7) is 7.50. The van der Waals surface area contributed by atoms with Gasteiger partial charge in [0.1, 0.15) is 12.4 Å².